The van der Waals surface area contributed by atoms with E-state index in [1.165, 1.54) is 17.7 Å². The Morgan fingerprint density at radius 2 is 2.29 bits per heavy atom. The van der Waals surface area contributed by atoms with Crippen molar-refractivity contribution in [2.45, 2.75) is 26.0 Å². The van der Waals surface area contributed by atoms with Gasteiger partial charge in [0.1, 0.15) is 5.15 Å². The van der Waals surface area contributed by atoms with Crippen molar-refractivity contribution in [2.24, 2.45) is 5.92 Å². The summed E-state index contributed by atoms with van der Waals surface area (Å²) in [5.74, 6) is 3.06. The van der Waals surface area contributed by atoms with Gasteiger partial charge in [-0.15, -0.1) is 0 Å². The molecular formula is C11H16ClNS. The van der Waals surface area contributed by atoms with Gasteiger partial charge >= 0.3 is 0 Å². The van der Waals surface area contributed by atoms with E-state index in [1.807, 2.05) is 30.1 Å². The molecule has 0 aliphatic carbocycles. The SMILES string of the molecule is CCC(C)CSCc1ccc(Cl)nc1. The van der Waals surface area contributed by atoms with Crippen molar-refractivity contribution in [2.75, 3.05) is 5.75 Å². The number of hydrogen-bond acceptors (Lipinski definition) is 2. The lowest BCUT2D eigenvalue weighted by Crippen LogP contribution is -1.96. The van der Waals surface area contributed by atoms with E-state index in [9.17, 15) is 0 Å². The molecule has 1 rings (SSSR count). The number of pyridine rings is 1. The van der Waals surface area contributed by atoms with Gasteiger partial charge in [0.25, 0.3) is 0 Å². The van der Waals surface area contributed by atoms with Crippen LogP contribution in [-0.2, 0) is 5.75 Å². The number of thioether (sulfide) groups is 1. The molecule has 0 aromatic carbocycles. The lowest BCUT2D eigenvalue weighted by molar-refractivity contribution is 0.637. The van der Waals surface area contributed by atoms with Crippen molar-refractivity contribution >= 4 is 23.4 Å². The second kappa shape index (κ2) is 6.31. The zero-order valence-electron chi connectivity index (χ0n) is 8.66. The fraction of sp³-hybridized carbons (Fsp3) is 0.545. The molecule has 1 aromatic rings. The highest BCUT2D eigenvalue weighted by atomic mass is 35.5. The minimum absolute atomic E-state index is 0.570. The van der Waals surface area contributed by atoms with Gasteiger partial charge in [-0.25, -0.2) is 4.98 Å². The van der Waals surface area contributed by atoms with Crippen LogP contribution in [0.15, 0.2) is 18.3 Å². The topological polar surface area (TPSA) is 12.9 Å². The predicted octanol–water partition coefficient (Wildman–Crippen LogP) is 4.01. The first-order chi connectivity index (χ1) is 6.72. The van der Waals surface area contributed by atoms with Crippen LogP contribution < -0.4 is 0 Å². The normalized spacial score (nSPS) is 12.8. The van der Waals surface area contributed by atoms with Gasteiger partial charge in [-0.3, -0.25) is 0 Å². The standard InChI is InChI=1S/C11H16ClNS/c1-3-9(2)7-14-8-10-4-5-11(12)13-6-10/h4-6,9H,3,7-8H2,1-2H3. The van der Waals surface area contributed by atoms with Crippen LogP contribution in [0.1, 0.15) is 25.8 Å². The van der Waals surface area contributed by atoms with Crippen LogP contribution in [0.25, 0.3) is 0 Å². The molecule has 0 spiro atoms. The van der Waals surface area contributed by atoms with E-state index in [0.29, 0.717) is 5.15 Å². The number of halogens is 1. The summed E-state index contributed by atoms with van der Waals surface area (Å²) < 4.78 is 0. The summed E-state index contributed by atoms with van der Waals surface area (Å²) in [4.78, 5) is 4.05. The van der Waals surface area contributed by atoms with Crippen molar-refractivity contribution < 1.29 is 0 Å². The average molecular weight is 230 g/mol. The number of rotatable bonds is 5. The predicted molar refractivity (Wildman–Crippen MR) is 64.9 cm³/mol. The molecule has 1 heterocycles. The van der Waals surface area contributed by atoms with Gasteiger partial charge in [-0.1, -0.05) is 37.9 Å². The fourth-order valence-electron chi connectivity index (χ4n) is 0.988. The molecule has 0 amide bonds. The first-order valence-corrected chi connectivity index (χ1v) is 6.43. The molecule has 0 saturated heterocycles. The molecule has 1 unspecified atom stereocenters. The number of hydrogen-bond donors (Lipinski definition) is 0. The molecule has 78 valence electrons. The zero-order valence-corrected chi connectivity index (χ0v) is 10.2. The Balaban J connectivity index is 2.28. The Labute approximate surface area is 95.3 Å². The number of aromatic nitrogens is 1. The number of nitrogens with zero attached hydrogens (tertiary/aromatic N) is 1. The first-order valence-electron chi connectivity index (χ1n) is 4.90. The Morgan fingerprint density at radius 3 is 2.86 bits per heavy atom. The van der Waals surface area contributed by atoms with Crippen molar-refractivity contribution in [1.82, 2.24) is 4.98 Å². The van der Waals surface area contributed by atoms with Crippen molar-refractivity contribution in [1.29, 1.82) is 0 Å². The summed E-state index contributed by atoms with van der Waals surface area (Å²) in [5, 5.41) is 0.570. The van der Waals surface area contributed by atoms with Crippen LogP contribution in [0.5, 0.6) is 0 Å². The fourth-order valence-corrected chi connectivity index (χ4v) is 2.26. The van der Waals surface area contributed by atoms with Crippen LogP contribution in [0.2, 0.25) is 5.15 Å². The second-order valence-electron chi connectivity index (χ2n) is 3.52. The van der Waals surface area contributed by atoms with Gasteiger partial charge in [-0.05, 0) is 23.3 Å². The third-order valence-electron chi connectivity index (χ3n) is 2.16. The van der Waals surface area contributed by atoms with E-state index < -0.39 is 0 Å². The highest BCUT2D eigenvalue weighted by molar-refractivity contribution is 7.98. The molecule has 0 aliphatic rings. The highest BCUT2D eigenvalue weighted by Crippen LogP contribution is 2.17. The second-order valence-corrected chi connectivity index (χ2v) is 4.94. The smallest absolute Gasteiger partial charge is 0.129 e. The summed E-state index contributed by atoms with van der Waals surface area (Å²) in [6.07, 6.45) is 3.11. The maximum absolute atomic E-state index is 5.70. The summed E-state index contributed by atoms with van der Waals surface area (Å²) in [6, 6.07) is 3.89. The Morgan fingerprint density at radius 1 is 1.50 bits per heavy atom. The zero-order chi connectivity index (χ0) is 10.4. The van der Waals surface area contributed by atoms with Gasteiger partial charge < -0.3 is 0 Å². The molecule has 3 heteroatoms. The molecule has 0 bridgehead atoms. The maximum Gasteiger partial charge on any atom is 0.129 e. The van der Waals surface area contributed by atoms with Crippen LogP contribution in [0, 0.1) is 5.92 Å². The summed E-state index contributed by atoms with van der Waals surface area (Å²) >= 11 is 7.66. The van der Waals surface area contributed by atoms with E-state index in [1.54, 1.807) is 0 Å². The largest absolute Gasteiger partial charge is 0.244 e. The van der Waals surface area contributed by atoms with Crippen molar-refractivity contribution in [3.05, 3.63) is 29.0 Å². The lowest BCUT2D eigenvalue weighted by atomic mass is 10.2. The van der Waals surface area contributed by atoms with E-state index in [2.05, 4.69) is 18.8 Å². The molecule has 0 saturated carbocycles. The van der Waals surface area contributed by atoms with E-state index in [-0.39, 0.29) is 0 Å². The quantitative estimate of drug-likeness (QED) is 0.708. The first kappa shape index (κ1) is 11.9. The monoisotopic (exact) mass is 229 g/mol. The van der Waals surface area contributed by atoms with E-state index in [4.69, 9.17) is 11.6 Å². The van der Waals surface area contributed by atoms with Crippen LogP contribution >= 0.6 is 23.4 Å². The molecule has 0 radical (unpaired) electrons. The summed E-state index contributed by atoms with van der Waals surface area (Å²) in [5.41, 5.74) is 1.25. The molecule has 0 fully saturated rings. The van der Waals surface area contributed by atoms with Gasteiger partial charge in [0, 0.05) is 11.9 Å². The molecule has 1 nitrogen and oxygen atoms in total. The average Bonchev–Trinajstić information content (AvgIpc) is 2.21. The Kier molecular flexibility index (Phi) is 5.34. The third-order valence-corrected chi connectivity index (χ3v) is 3.72. The molecule has 0 aliphatic heterocycles. The van der Waals surface area contributed by atoms with Crippen LogP contribution in [0.3, 0.4) is 0 Å². The molecule has 1 aromatic heterocycles. The van der Waals surface area contributed by atoms with Crippen molar-refractivity contribution in [3.8, 4) is 0 Å². The molecule has 14 heavy (non-hydrogen) atoms. The van der Waals surface area contributed by atoms with Crippen LogP contribution in [0.4, 0.5) is 0 Å². The Bertz CT molecular complexity index is 260. The van der Waals surface area contributed by atoms with E-state index >= 15 is 0 Å². The van der Waals surface area contributed by atoms with E-state index in [0.717, 1.165) is 11.7 Å². The van der Waals surface area contributed by atoms with Gasteiger partial charge in [0.05, 0.1) is 0 Å². The lowest BCUT2D eigenvalue weighted by Gasteiger charge is -2.07. The van der Waals surface area contributed by atoms with Crippen molar-refractivity contribution in [3.63, 3.8) is 0 Å². The summed E-state index contributed by atoms with van der Waals surface area (Å²) in [7, 11) is 0. The van der Waals surface area contributed by atoms with Gasteiger partial charge in [-0.2, -0.15) is 11.8 Å². The third kappa shape index (κ3) is 4.34. The van der Waals surface area contributed by atoms with Gasteiger partial charge in [0.15, 0.2) is 0 Å². The minimum Gasteiger partial charge on any atom is -0.244 e. The maximum atomic E-state index is 5.70. The molecule has 0 N–H and O–H groups in total. The minimum atomic E-state index is 0.570. The molecule has 1 atom stereocenters. The summed E-state index contributed by atoms with van der Waals surface area (Å²) in [6.45, 7) is 4.52. The molecular weight excluding hydrogens is 214 g/mol. The Hall–Kier alpha value is -0.210. The highest BCUT2D eigenvalue weighted by Gasteiger charge is 1.99. The van der Waals surface area contributed by atoms with Gasteiger partial charge in [0.2, 0.25) is 0 Å². The van der Waals surface area contributed by atoms with Crippen LogP contribution in [-0.4, -0.2) is 10.7 Å².